The van der Waals surface area contributed by atoms with Crippen LogP contribution in [0, 0.1) is 10.1 Å². The van der Waals surface area contributed by atoms with Crippen LogP contribution in [0.25, 0.3) is 4.96 Å². The highest BCUT2D eigenvalue weighted by Gasteiger charge is 2.30. The van der Waals surface area contributed by atoms with Gasteiger partial charge in [0.2, 0.25) is 5.82 Å². The fraction of sp³-hybridized carbons (Fsp3) is 0.462. The maximum absolute atomic E-state index is 11.4. The number of nitrogens with one attached hydrogen (secondary N) is 1. The number of aromatic nitrogens is 5. The van der Waals surface area contributed by atoms with Crippen LogP contribution in [-0.2, 0) is 17.9 Å². The number of nitro groups is 1. The third-order valence-corrected chi connectivity index (χ3v) is 4.67. The van der Waals surface area contributed by atoms with E-state index in [1.54, 1.807) is 18.7 Å². The van der Waals surface area contributed by atoms with Gasteiger partial charge in [-0.2, -0.15) is 14.5 Å². The van der Waals surface area contributed by atoms with Crippen LogP contribution in [0.1, 0.15) is 30.5 Å². The second-order valence-electron chi connectivity index (χ2n) is 5.48. The highest BCUT2D eigenvalue weighted by Crippen LogP contribution is 2.33. The largest absolute Gasteiger partial charge is 0.377 e. The van der Waals surface area contributed by atoms with E-state index < -0.39 is 4.92 Å². The number of hydrogen-bond donors (Lipinski definition) is 1. The highest BCUT2D eigenvalue weighted by molar-refractivity contribution is 7.15. The smallest absolute Gasteiger partial charge is 0.372 e. The topological polar surface area (TPSA) is 112 Å². The van der Waals surface area contributed by atoms with Crippen molar-refractivity contribution in [2.75, 3.05) is 12.4 Å². The summed E-state index contributed by atoms with van der Waals surface area (Å²) >= 11 is 1.36. The number of ether oxygens (including phenoxy) is 1. The zero-order chi connectivity index (χ0) is 16.7. The van der Waals surface area contributed by atoms with Crippen molar-refractivity contribution in [3.63, 3.8) is 0 Å². The van der Waals surface area contributed by atoms with Crippen molar-refractivity contribution in [3.8, 4) is 0 Å². The van der Waals surface area contributed by atoms with E-state index in [-0.39, 0.29) is 17.7 Å². The molecular formula is C13H15N7O3S. The lowest BCUT2D eigenvalue weighted by Crippen LogP contribution is -2.23. The lowest BCUT2D eigenvalue weighted by molar-refractivity contribution is -0.389. The molecule has 0 spiro atoms. The van der Waals surface area contributed by atoms with E-state index in [2.05, 4.69) is 20.4 Å². The Bertz CT molecular complexity index is 899. The lowest BCUT2D eigenvalue weighted by atomic mass is 10.1. The molecule has 0 aliphatic carbocycles. The van der Waals surface area contributed by atoms with Crippen molar-refractivity contribution < 1.29 is 9.66 Å². The summed E-state index contributed by atoms with van der Waals surface area (Å²) in [5, 5.41) is 20.8. The van der Waals surface area contributed by atoms with Crippen LogP contribution in [0.5, 0.6) is 0 Å². The summed E-state index contributed by atoms with van der Waals surface area (Å²) in [4.78, 5) is 20.4. The van der Waals surface area contributed by atoms with Crippen molar-refractivity contribution in [2.45, 2.75) is 32.0 Å². The average molecular weight is 349 g/mol. The highest BCUT2D eigenvalue weighted by atomic mass is 32.1. The molecule has 126 valence electrons. The van der Waals surface area contributed by atoms with E-state index in [0.717, 1.165) is 25.2 Å². The third kappa shape index (κ3) is 2.41. The van der Waals surface area contributed by atoms with Gasteiger partial charge in [0.15, 0.2) is 5.82 Å². The Labute approximate surface area is 140 Å². The summed E-state index contributed by atoms with van der Waals surface area (Å²) in [5.41, 5.74) is 0. The fourth-order valence-electron chi connectivity index (χ4n) is 2.94. The van der Waals surface area contributed by atoms with Gasteiger partial charge in [0.1, 0.15) is 18.6 Å². The molecule has 1 atom stereocenters. The van der Waals surface area contributed by atoms with Crippen molar-refractivity contribution in [1.29, 1.82) is 0 Å². The summed E-state index contributed by atoms with van der Waals surface area (Å²) in [6, 6.07) is -0.167. The number of rotatable bonds is 5. The first-order chi connectivity index (χ1) is 11.7. The van der Waals surface area contributed by atoms with E-state index >= 15 is 0 Å². The molecule has 0 saturated heterocycles. The quantitative estimate of drug-likeness (QED) is 0.553. The molecule has 24 heavy (non-hydrogen) atoms. The van der Waals surface area contributed by atoms with E-state index in [9.17, 15) is 10.1 Å². The zero-order valence-electron chi connectivity index (χ0n) is 12.9. The molecule has 0 radical (unpaired) electrons. The van der Waals surface area contributed by atoms with Gasteiger partial charge >= 0.3 is 5.82 Å². The molecular weight excluding hydrogens is 334 g/mol. The predicted molar refractivity (Wildman–Crippen MR) is 86.1 cm³/mol. The van der Waals surface area contributed by atoms with E-state index in [0.29, 0.717) is 17.4 Å². The Morgan fingerprint density at radius 2 is 2.42 bits per heavy atom. The summed E-state index contributed by atoms with van der Waals surface area (Å²) in [5.74, 6) is 1.59. The van der Waals surface area contributed by atoms with Crippen LogP contribution in [0.2, 0.25) is 0 Å². The number of imidazole rings is 1. The van der Waals surface area contributed by atoms with Gasteiger partial charge < -0.3 is 20.2 Å². The number of nitrogens with zero attached hydrogens (tertiary/aromatic N) is 6. The number of thiazole rings is 1. The van der Waals surface area contributed by atoms with Crippen LogP contribution in [0.3, 0.4) is 0 Å². The molecule has 3 aromatic rings. The normalized spacial score (nSPS) is 17.1. The zero-order valence-corrected chi connectivity index (χ0v) is 13.7. The van der Waals surface area contributed by atoms with Crippen molar-refractivity contribution >= 4 is 27.9 Å². The number of aryl methyl sites for hydroxylation is 1. The van der Waals surface area contributed by atoms with Gasteiger partial charge in [0.05, 0.1) is 6.04 Å². The number of hydrogen-bond acceptors (Lipinski definition) is 8. The monoisotopic (exact) mass is 349 g/mol. The van der Waals surface area contributed by atoms with Crippen LogP contribution >= 0.6 is 11.3 Å². The van der Waals surface area contributed by atoms with E-state index in [1.165, 1.54) is 15.7 Å². The van der Waals surface area contributed by atoms with Crippen molar-refractivity contribution in [3.05, 3.63) is 33.3 Å². The molecule has 4 rings (SSSR count). The molecule has 0 fully saturated rings. The summed E-state index contributed by atoms with van der Waals surface area (Å²) in [6.07, 6.45) is 3.38. The maximum atomic E-state index is 11.4. The summed E-state index contributed by atoms with van der Waals surface area (Å²) < 4.78 is 8.39. The lowest BCUT2D eigenvalue weighted by Gasteiger charge is -2.22. The molecule has 0 bridgehead atoms. The summed E-state index contributed by atoms with van der Waals surface area (Å²) in [6.45, 7) is 1.12. The molecule has 1 aliphatic rings. The number of anilines is 1. The molecule has 3 aromatic heterocycles. The molecule has 0 amide bonds. The molecule has 1 N–H and O–H groups in total. The Morgan fingerprint density at radius 1 is 1.54 bits per heavy atom. The Hall–Kier alpha value is -2.53. The standard InChI is InChI=1S/C13H15N7O3S/c1-23-7-9-15-11-8(3-2-4-19(11)17-9)14-10-12(20(21)22)18-5-6-24-13(18)16-10/h5-6,8,14H,2-4,7H2,1H3. The Kier molecular flexibility index (Phi) is 3.65. The van der Waals surface area contributed by atoms with Gasteiger partial charge in [0, 0.05) is 19.0 Å². The molecule has 1 aliphatic heterocycles. The number of methoxy groups -OCH3 is 1. The minimum atomic E-state index is -0.418. The van der Waals surface area contributed by atoms with Gasteiger partial charge in [-0.1, -0.05) is 11.3 Å². The molecule has 11 heteroatoms. The van der Waals surface area contributed by atoms with E-state index in [1.807, 2.05) is 4.68 Å². The third-order valence-electron chi connectivity index (χ3n) is 3.91. The SMILES string of the molecule is COCc1nc2n(n1)CCCC2Nc1nc2sccn2c1[N+](=O)[O-]. The fourth-order valence-corrected chi connectivity index (χ4v) is 3.65. The van der Waals surface area contributed by atoms with Crippen LogP contribution in [0.15, 0.2) is 11.6 Å². The summed E-state index contributed by atoms with van der Waals surface area (Å²) in [7, 11) is 1.59. The Morgan fingerprint density at radius 3 is 3.21 bits per heavy atom. The second-order valence-corrected chi connectivity index (χ2v) is 6.35. The minimum Gasteiger partial charge on any atom is -0.377 e. The van der Waals surface area contributed by atoms with Gasteiger partial charge in [-0.25, -0.2) is 9.67 Å². The van der Waals surface area contributed by atoms with E-state index in [4.69, 9.17) is 4.74 Å². The van der Waals surface area contributed by atoms with Gasteiger partial charge in [-0.05, 0) is 17.8 Å². The molecule has 0 saturated carbocycles. The number of fused-ring (bicyclic) bond motifs is 2. The van der Waals surface area contributed by atoms with Crippen molar-refractivity contribution in [1.82, 2.24) is 24.1 Å². The van der Waals surface area contributed by atoms with Gasteiger partial charge in [-0.3, -0.25) is 0 Å². The first-order valence-corrected chi connectivity index (χ1v) is 8.34. The van der Waals surface area contributed by atoms with Gasteiger partial charge in [-0.15, -0.1) is 0 Å². The predicted octanol–water partition coefficient (Wildman–Crippen LogP) is 1.99. The second kappa shape index (κ2) is 5.83. The first-order valence-electron chi connectivity index (χ1n) is 7.46. The molecule has 10 nitrogen and oxygen atoms in total. The first kappa shape index (κ1) is 15.0. The molecule has 0 aromatic carbocycles. The van der Waals surface area contributed by atoms with Gasteiger partial charge in [0.25, 0.3) is 4.96 Å². The van der Waals surface area contributed by atoms with Crippen LogP contribution < -0.4 is 5.32 Å². The minimum absolute atomic E-state index is 0.0556. The Balaban J connectivity index is 1.68. The molecule has 1 unspecified atom stereocenters. The molecule has 4 heterocycles. The van der Waals surface area contributed by atoms with Crippen molar-refractivity contribution in [2.24, 2.45) is 0 Å². The average Bonchev–Trinajstić information content (AvgIpc) is 3.20. The van der Waals surface area contributed by atoms with Crippen LogP contribution in [-0.4, -0.2) is 36.2 Å². The maximum Gasteiger partial charge on any atom is 0.372 e. The van der Waals surface area contributed by atoms with Crippen LogP contribution in [0.4, 0.5) is 11.6 Å².